The van der Waals surface area contributed by atoms with Gasteiger partial charge in [-0.2, -0.15) is 0 Å². The Hall–Kier alpha value is -1.50. The summed E-state index contributed by atoms with van der Waals surface area (Å²) in [5, 5.41) is 17.7. The van der Waals surface area contributed by atoms with E-state index in [1.54, 1.807) is 0 Å². The zero-order chi connectivity index (χ0) is 25.2. The summed E-state index contributed by atoms with van der Waals surface area (Å²) in [5.74, 6) is 0. The zero-order valence-corrected chi connectivity index (χ0v) is 23.5. The average Bonchev–Trinajstić information content (AvgIpc) is 2.77. The molecule has 0 aliphatic carbocycles. The predicted octanol–water partition coefficient (Wildman–Crippen LogP) is 4.32. The first kappa shape index (κ1) is 29.5. The fourth-order valence-electron chi connectivity index (χ4n) is 3.75. The molecule has 0 aliphatic rings. The van der Waals surface area contributed by atoms with E-state index in [4.69, 9.17) is 9.53 Å². The standard InChI is InChI=1S/C22H33NOSi.C6H15NO/c1-21(2,3)25(19-13-9-7-10-14-19,20-15-11-8-12-16-20)24-18-17-22(4,5)23-6;1-6(2,7-3)4-5-8/h7-16,23H,17-18H2,1-6H3;7-8H,4-5H2,1-3H3. The zero-order valence-electron chi connectivity index (χ0n) is 22.5. The molecule has 0 aromatic heterocycles. The lowest BCUT2D eigenvalue weighted by atomic mass is 10.0. The summed E-state index contributed by atoms with van der Waals surface area (Å²) < 4.78 is 6.90. The summed E-state index contributed by atoms with van der Waals surface area (Å²) in [5.41, 5.74) is 0.167. The smallest absolute Gasteiger partial charge is 0.261 e. The van der Waals surface area contributed by atoms with Crippen LogP contribution in [0.4, 0.5) is 0 Å². The van der Waals surface area contributed by atoms with Crippen LogP contribution in [0.5, 0.6) is 0 Å². The van der Waals surface area contributed by atoms with Gasteiger partial charge < -0.3 is 20.2 Å². The Morgan fingerprint density at radius 2 is 1.09 bits per heavy atom. The molecule has 186 valence electrons. The van der Waals surface area contributed by atoms with E-state index < -0.39 is 8.32 Å². The first-order chi connectivity index (χ1) is 15.3. The Balaban J connectivity index is 0.000000582. The molecule has 0 radical (unpaired) electrons. The molecule has 2 aromatic carbocycles. The third kappa shape index (κ3) is 8.65. The molecule has 2 rings (SSSR count). The van der Waals surface area contributed by atoms with Gasteiger partial charge in [0.15, 0.2) is 0 Å². The van der Waals surface area contributed by atoms with E-state index in [-0.39, 0.29) is 22.7 Å². The molecule has 3 N–H and O–H groups in total. The number of aliphatic hydroxyl groups is 1. The van der Waals surface area contributed by atoms with Crippen molar-refractivity contribution in [1.82, 2.24) is 10.6 Å². The highest BCUT2D eigenvalue weighted by Gasteiger charge is 2.50. The van der Waals surface area contributed by atoms with Crippen molar-refractivity contribution in [2.45, 2.75) is 77.4 Å². The minimum Gasteiger partial charge on any atom is -0.407 e. The second kappa shape index (κ2) is 12.8. The van der Waals surface area contributed by atoms with Gasteiger partial charge in [0.05, 0.1) is 0 Å². The van der Waals surface area contributed by atoms with Gasteiger partial charge in [0.2, 0.25) is 0 Å². The van der Waals surface area contributed by atoms with Crippen LogP contribution in [0.25, 0.3) is 0 Å². The Bertz CT molecular complexity index is 747. The van der Waals surface area contributed by atoms with Crippen LogP contribution in [0.2, 0.25) is 5.04 Å². The highest BCUT2D eigenvalue weighted by atomic mass is 28.4. The fourth-order valence-corrected chi connectivity index (χ4v) is 8.31. The molecular formula is C28H48N2O2Si. The Kier molecular flexibility index (Phi) is 11.5. The third-order valence-corrected chi connectivity index (χ3v) is 11.6. The molecule has 0 spiro atoms. The van der Waals surface area contributed by atoms with Crippen molar-refractivity contribution in [1.29, 1.82) is 0 Å². The van der Waals surface area contributed by atoms with Crippen molar-refractivity contribution in [3.05, 3.63) is 60.7 Å². The van der Waals surface area contributed by atoms with E-state index in [9.17, 15) is 0 Å². The molecule has 0 saturated heterocycles. The highest BCUT2D eigenvalue weighted by molar-refractivity contribution is 6.99. The Labute approximate surface area is 204 Å². The van der Waals surface area contributed by atoms with Crippen LogP contribution in [-0.2, 0) is 4.43 Å². The molecule has 0 bridgehead atoms. The largest absolute Gasteiger partial charge is 0.407 e. The Morgan fingerprint density at radius 1 is 0.697 bits per heavy atom. The molecule has 0 saturated carbocycles. The summed E-state index contributed by atoms with van der Waals surface area (Å²) in [6, 6.07) is 21.7. The predicted molar refractivity (Wildman–Crippen MR) is 146 cm³/mol. The van der Waals surface area contributed by atoms with Crippen LogP contribution in [0.15, 0.2) is 60.7 Å². The van der Waals surface area contributed by atoms with E-state index in [0.717, 1.165) is 19.4 Å². The van der Waals surface area contributed by atoms with E-state index in [1.165, 1.54) is 10.4 Å². The lowest BCUT2D eigenvalue weighted by molar-refractivity contribution is 0.237. The summed E-state index contributed by atoms with van der Waals surface area (Å²) in [4.78, 5) is 0. The average molecular weight is 473 g/mol. The second-order valence-electron chi connectivity index (χ2n) is 11.0. The lowest BCUT2D eigenvalue weighted by Crippen LogP contribution is -2.66. The summed E-state index contributed by atoms with van der Waals surface area (Å²) in [6.45, 7) is 16.5. The van der Waals surface area contributed by atoms with Gasteiger partial charge in [0.1, 0.15) is 0 Å². The number of nitrogens with one attached hydrogen (secondary N) is 2. The number of benzene rings is 2. The molecule has 4 nitrogen and oxygen atoms in total. The number of hydrogen-bond acceptors (Lipinski definition) is 4. The van der Waals surface area contributed by atoms with Crippen LogP contribution in [0.1, 0.15) is 61.3 Å². The van der Waals surface area contributed by atoms with E-state index in [0.29, 0.717) is 0 Å². The van der Waals surface area contributed by atoms with Gasteiger partial charge in [0.25, 0.3) is 8.32 Å². The van der Waals surface area contributed by atoms with Crippen molar-refractivity contribution < 1.29 is 9.53 Å². The number of rotatable bonds is 10. The van der Waals surface area contributed by atoms with E-state index in [2.05, 4.69) is 120 Å². The third-order valence-electron chi connectivity index (χ3n) is 6.55. The van der Waals surface area contributed by atoms with Crippen molar-refractivity contribution in [3.63, 3.8) is 0 Å². The molecule has 33 heavy (non-hydrogen) atoms. The minimum absolute atomic E-state index is 0.0412. The van der Waals surface area contributed by atoms with Crippen LogP contribution >= 0.6 is 0 Å². The van der Waals surface area contributed by atoms with E-state index >= 15 is 0 Å². The van der Waals surface area contributed by atoms with Crippen LogP contribution in [0, 0.1) is 0 Å². The monoisotopic (exact) mass is 472 g/mol. The molecular weight excluding hydrogens is 424 g/mol. The molecule has 2 aromatic rings. The quantitative estimate of drug-likeness (QED) is 0.451. The first-order valence-corrected chi connectivity index (χ1v) is 14.0. The van der Waals surface area contributed by atoms with Crippen molar-refractivity contribution >= 4 is 18.7 Å². The van der Waals surface area contributed by atoms with Crippen molar-refractivity contribution in [2.24, 2.45) is 0 Å². The van der Waals surface area contributed by atoms with Gasteiger partial charge in [0, 0.05) is 24.3 Å². The fraction of sp³-hybridized carbons (Fsp3) is 0.571. The maximum absolute atomic E-state index is 8.49. The van der Waals surface area contributed by atoms with Crippen molar-refractivity contribution in [2.75, 3.05) is 27.3 Å². The molecule has 0 amide bonds. The lowest BCUT2D eigenvalue weighted by Gasteiger charge is -2.43. The summed E-state index contributed by atoms with van der Waals surface area (Å²) in [6.07, 6.45) is 1.79. The van der Waals surface area contributed by atoms with Gasteiger partial charge in [-0.05, 0) is 70.0 Å². The molecule has 5 heteroatoms. The van der Waals surface area contributed by atoms with Crippen molar-refractivity contribution in [3.8, 4) is 0 Å². The normalized spacial score (nSPS) is 12.8. The molecule has 0 unspecified atom stereocenters. The van der Waals surface area contributed by atoms with Gasteiger partial charge in [-0.25, -0.2) is 0 Å². The van der Waals surface area contributed by atoms with Crippen LogP contribution in [-0.4, -0.2) is 51.8 Å². The van der Waals surface area contributed by atoms with Gasteiger partial charge in [-0.15, -0.1) is 0 Å². The number of aliphatic hydroxyl groups excluding tert-OH is 1. The molecule has 0 fully saturated rings. The van der Waals surface area contributed by atoms with E-state index in [1.807, 2.05) is 14.1 Å². The first-order valence-electron chi connectivity index (χ1n) is 12.1. The SMILES string of the molecule is CNC(C)(C)CCO.CNC(C)(C)CCO[Si](c1ccccc1)(c1ccccc1)C(C)(C)C. The molecule has 0 heterocycles. The van der Waals surface area contributed by atoms with Gasteiger partial charge in [-0.3, -0.25) is 0 Å². The van der Waals surface area contributed by atoms with Gasteiger partial charge >= 0.3 is 0 Å². The minimum atomic E-state index is -2.39. The summed E-state index contributed by atoms with van der Waals surface area (Å²) in [7, 11) is 1.53. The molecule has 0 aliphatic heterocycles. The van der Waals surface area contributed by atoms with Crippen LogP contribution in [0.3, 0.4) is 0 Å². The second-order valence-corrected chi connectivity index (χ2v) is 15.3. The van der Waals surface area contributed by atoms with Crippen LogP contribution < -0.4 is 21.0 Å². The maximum atomic E-state index is 8.49. The van der Waals surface area contributed by atoms with Gasteiger partial charge in [-0.1, -0.05) is 81.4 Å². The summed E-state index contributed by atoms with van der Waals surface area (Å²) >= 11 is 0. The number of hydrogen-bond donors (Lipinski definition) is 3. The topological polar surface area (TPSA) is 53.5 Å². The Morgan fingerprint density at radius 3 is 1.39 bits per heavy atom. The molecule has 0 atom stereocenters. The highest BCUT2D eigenvalue weighted by Crippen LogP contribution is 2.37. The maximum Gasteiger partial charge on any atom is 0.261 e.